The summed E-state index contributed by atoms with van der Waals surface area (Å²) in [6.07, 6.45) is 1.47. The largest absolute Gasteiger partial charge is 0.484 e. The van der Waals surface area contributed by atoms with Crippen LogP contribution in [0.2, 0.25) is 5.02 Å². The number of para-hydroxylation sites is 1. The Morgan fingerprint density at radius 1 is 1.19 bits per heavy atom. The lowest BCUT2D eigenvalue weighted by Gasteiger charge is -2.09. The van der Waals surface area contributed by atoms with Crippen molar-refractivity contribution in [3.8, 4) is 11.8 Å². The normalized spacial score (nSPS) is 10.6. The molecule has 6 nitrogen and oxygen atoms in total. The van der Waals surface area contributed by atoms with Gasteiger partial charge in [-0.3, -0.25) is 9.59 Å². The number of hydrogen-bond acceptors (Lipinski definition) is 4. The number of halogens is 1. The van der Waals surface area contributed by atoms with E-state index >= 15 is 0 Å². The van der Waals surface area contributed by atoms with Crippen LogP contribution in [0.25, 0.3) is 6.08 Å². The number of amides is 2. The van der Waals surface area contributed by atoms with Gasteiger partial charge >= 0.3 is 0 Å². The summed E-state index contributed by atoms with van der Waals surface area (Å²) in [5, 5.41) is 14.5. The first-order valence-electron chi connectivity index (χ1n) is 7.64. The fourth-order valence-electron chi connectivity index (χ4n) is 2.01. The number of hydrogen-bond donors (Lipinski definition) is 2. The van der Waals surface area contributed by atoms with Gasteiger partial charge in [-0.2, -0.15) is 5.26 Å². The van der Waals surface area contributed by atoms with Crippen LogP contribution >= 0.6 is 11.6 Å². The average molecular weight is 370 g/mol. The molecule has 0 aliphatic heterocycles. The number of anilines is 1. The van der Waals surface area contributed by atoms with Crippen LogP contribution in [0, 0.1) is 11.3 Å². The molecule has 0 aromatic heterocycles. The summed E-state index contributed by atoms with van der Waals surface area (Å²) in [5.41, 5.74) is 1.18. The van der Waals surface area contributed by atoms with Gasteiger partial charge in [-0.15, -0.1) is 0 Å². The van der Waals surface area contributed by atoms with Gasteiger partial charge in [0.15, 0.2) is 6.61 Å². The van der Waals surface area contributed by atoms with Crippen LogP contribution < -0.4 is 15.4 Å². The maximum Gasteiger partial charge on any atom is 0.262 e. The summed E-state index contributed by atoms with van der Waals surface area (Å²) in [6, 6.07) is 15.4. The zero-order chi connectivity index (χ0) is 18.9. The molecule has 0 saturated carbocycles. The van der Waals surface area contributed by atoms with Gasteiger partial charge in [-0.1, -0.05) is 35.9 Å². The van der Waals surface area contributed by atoms with Crippen molar-refractivity contribution in [3.63, 3.8) is 0 Å². The molecule has 0 radical (unpaired) electrons. The maximum absolute atomic E-state index is 11.9. The van der Waals surface area contributed by atoms with Gasteiger partial charge in [0, 0.05) is 7.05 Å². The standard InChI is InChI=1S/C19H16ClN3O3/c1-22-19(25)14(11-21)10-13-6-8-15(9-7-13)26-12-18(24)23-17-5-3-2-4-16(17)20/h2-10H,12H2,1H3,(H,22,25)(H,23,24)/b14-10+. The van der Waals surface area contributed by atoms with Gasteiger partial charge in [0.2, 0.25) is 0 Å². The van der Waals surface area contributed by atoms with E-state index in [1.54, 1.807) is 48.5 Å². The third kappa shape index (κ3) is 5.36. The predicted octanol–water partition coefficient (Wildman–Crippen LogP) is 3.01. The Bertz CT molecular complexity index is 870. The molecule has 2 amide bonds. The molecule has 0 aliphatic rings. The number of nitriles is 1. The Balaban J connectivity index is 1.94. The Hall–Kier alpha value is -3.30. The summed E-state index contributed by atoms with van der Waals surface area (Å²) < 4.78 is 5.41. The summed E-state index contributed by atoms with van der Waals surface area (Å²) in [7, 11) is 1.46. The van der Waals surface area contributed by atoms with Gasteiger partial charge in [-0.25, -0.2) is 0 Å². The van der Waals surface area contributed by atoms with Crippen LogP contribution in [0.5, 0.6) is 5.75 Å². The molecule has 0 atom stereocenters. The summed E-state index contributed by atoms with van der Waals surface area (Å²) in [6.45, 7) is -0.178. The molecule has 7 heteroatoms. The fraction of sp³-hybridized carbons (Fsp3) is 0.105. The molecule has 132 valence electrons. The lowest BCUT2D eigenvalue weighted by atomic mass is 10.1. The number of nitrogens with zero attached hydrogens (tertiary/aromatic N) is 1. The lowest BCUT2D eigenvalue weighted by molar-refractivity contribution is -0.118. The molecule has 0 aliphatic carbocycles. The van der Waals surface area contributed by atoms with Crippen LogP contribution in [-0.4, -0.2) is 25.5 Å². The zero-order valence-corrected chi connectivity index (χ0v) is 14.7. The van der Waals surface area contributed by atoms with Crippen LogP contribution in [-0.2, 0) is 9.59 Å². The Morgan fingerprint density at radius 2 is 1.88 bits per heavy atom. The van der Waals surface area contributed by atoms with Crippen LogP contribution in [0.3, 0.4) is 0 Å². The van der Waals surface area contributed by atoms with Crippen molar-refractivity contribution >= 4 is 35.2 Å². The SMILES string of the molecule is CNC(=O)/C(C#N)=C/c1ccc(OCC(=O)Nc2ccccc2Cl)cc1. The molecule has 0 bridgehead atoms. The number of nitrogens with one attached hydrogen (secondary N) is 2. The lowest BCUT2D eigenvalue weighted by Crippen LogP contribution is -2.20. The fourth-order valence-corrected chi connectivity index (χ4v) is 2.19. The molecule has 2 aromatic carbocycles. The Morgan fingerprint density at radius 3 is 2.50 bits per heavy atom. The number of likely N-dealkylation sites (N-methyl/N-ethyl adjacent to an activating group) is 1. The predicted molar refractivity (Wildman–Crippen MR) is 99.7 cm³/mol. The minimum absolute atomic E-state index is 0.000265. The molecule has 0 saturated heterocycles. The van der Waals surface area contributed by atoms with Crippen molar-refractivity contribution in [2.24, 2.45) is 0 Å². The second kappa shape index (κ2) is 9.25. The molecular formula is C19H16ClN3O3. The molecule has 26 heavy (non-hydrogen) atoms. The molecule has 2 N–H and O–H groups in total. The topological polar surface area (TPSA) is 91.2 Å². The van der Waals surface area contributed by atoms with Gasteiger partial charge in [0.05, 0.1) is 10.7 Å². The molecule has 0 unspecified atom stereocenters. The van der Waals surface area contributed by atoms with E-state index in [4.69, 9.17) is 21.6 Å². The van der Waals surface area contributed by atoms with Gasteiger partial charge in [-0.05, 0) is 35.9 Å². The number of ether oxygens (including phenoxy) is 1. The number of rotatable bonds is 6. The molecule has 2 rings (SSSR count). The van der Waals surface area contributed by atoms with Gasteiger partial charge in [0.25, 0.3) is 11.8 Å². The highest BCUT2D eigenvalue weighted by molar-refractivity contribution is 6.33. The Labute approximate surface area is 156 Å². The minimum Gasteiger partial charge on any atom is -0.484 e. The van der Waals surface area contributed by atoms with Gasteiger partial charge < -0.3 is 15.4 Å². The quantitative estimate of drug-likeness (QED) is 0.604. The Kier molecular flexibility index (Phi) is 6.77. The van der Waals surface area contributed by atoms with E-state index in [0.29, 0.717) is 22.0 Å². The molecule has 0 spiro atoms. The average Bonchev–Trinajstić information content (AvgIpc) is 2.66. The number of carbonyl (C=O) groups excluding carboxylic acids is 2. The summed E-state index contributed by atoms with van der Waals surface area (Å²) >= 11 is 5.98. The number of carbonyl (C=O) groups is 2. The highest BCUT2D eigenvalue weighted by atomic mass is 35.5. The second-order valence-corrected chi connectivity index (χ2v) is 5.54. The van der Waals surface area contributed by atoms with E-state index in [0.717, 1.165) is 0 Å². The third-order valence-corrected chi connectivity index (χ3v) is 3.63. The first-order chi connectivity index (χ1) is 12.5. The zero-order valence-electron chi connectivity index (χ0n) is 14.0. The second-order valence-electron chi connectivity index (χ2n) is 5.13. The van der Waals surface area contributed by atoms with Crippen molar-refractivity contribution in [2.45, 2.75) is 0 Å². The highest BCUT2D eigenvalue weighted by Crippen LogP contribution is 2.20. The monoisotopic (exact) mass is 369 g/mol. The van der Waals surface area contributed by atoms with Crippen LogP contribution in [0.1, 0.15) is 5.56 Å². The van der Waals surface area contributed by atoms with Crippen molar-refractivity contribution < 1.29 is 14.3 Å². The van der Waals surface area contributed by atoms with E-state index in [1.165, 1.54) is 13.1 Å². The smallest absolute Gasteiger partial charge is 0.262 e. The molecular weight excluding hydrogens is 354 g/mol. The number of benzene rings is 2. The molecule has 0 fully saturated rings. The molecule has 0 heterocycles. The van der Waals surface area contributed by atoms with Crippen LogP contribution in [0.4, 0.5) is 5.69 Å². The van der Waals surface area contributed by atoms with E-state index in [-0.39, 0.29) is 18.1 Å². The van der Waals surface area contributed by atoms with E-state index < -0.39 is 5.91 Å². The van der Waals surface area contributed by atoms with E-state index in [9.17, 15) is 9.59 Å². The van der Waals surface area contributed by atoms with Crippen molar-refractivity contribution in [3.05, 3.63) is 64.7 Å². The minimum atomic E-state index is -0.455. The molecule has 2 aromatic rings. The van der Waals surface area contributed by atoms with Crippen molar-refractivity contribution in [1.82, 2.24) is 5.32 Å². The van der Waals surface area contributed by atoms with E-state index in [1.807, 2.05) is 6.07 Å². The first kappa shape index (κ1) is 19.0. The van der Waals surface area contributed by atoms with Crippen molar-refractivity contribution in [2.75, 3.05) is 19.0 Å². The summed E-state index contributed by atoms with van der Waals surface area (Å²) in [4.78, 5) is 23.4. The van der Waals surface area contributed by atoms with Gasteiger partial charge in [0.1, 0.15) is 17.4 Å². The maximum atomic E-state index is 11.9. The third-order valence-electron chi connectivity index (χ3n) is 3.30. The van der Waals surface area contributed by atoms with Crippen LogP contribution in [0.15, 0.2) is 54.1 Å². The highest BCUT2D eigenvalue weighted by Gasteiger charge is 2.08. The first-order valence-corrected chi connectivity index (χ1v) is 8.02. The van der Waals surface area contributed by atoms with E-state index in [2.05, 4.69) is 10.6 Å². The van der Waals surface area contributed by atoms with Crippen molar-refractivity contribution in [1.29, 1.82) is 5.26 Å². The summed E-state index contributed by atoms with van der Waals surface area (Å²) in [5.74, 6) is -0.313.